The molecule has 0 spiro atoms. The van der Waals surface area contributed by atoms with E-state index in [2.05, 4.69) is 0 Å². The highest BCUT2D eigenvalue weighted by Crippen LogP contribution is 2.20. The number of likely N-dealkylation sites (N-methyl/N-ethyl adjacent to an activating group) is 1. The lowest BCUT2D eigenvalue weighted by atomic mass is 10.1. The molecule has 3 nitrogen and oxygen atoms in total. The molecule has 0 saturated heterocycles. The maximum absolute atomic E-state index is 13.3. The van der Waals surface area contributed by atoms with E-state index in [1.807, 2.05) is 0 Å². The summed E-state index contributed by atoms with van der Waals surface area (Å²) >= 11 is 0. The predicted molar refractivity (Wildman–Crippen MR) is 50.5 cm³/mol. The number of nitrogens with zero attached hydrogens (tertiary/aromatic N) is 1. The van der Waals surface area contributed by atoms with Crippen LogP contribution in [0.3, 0.4) is 0 Å². The molecule has 1 aromatic carbocycles. The first-order valence-corrected chi connectivity index (χ1v) is 4.17. The number of aliphatic carboxylic acids is 1. The molecule has 4 heteroatoms. The van der Waals surface area contributed by atoms with Gasteiger partial charge in [0, 0.05) is 5.56 Å². The second kappa shape index (κ2) is 4.19. The monoisotopic (exact) mass is 197 g/mol. The van der Waals surface area contributed by atoms with Gasteiger partial charge in [0.1, 0.15) is 11.9 Å². The smallest absolute Gasteiger partial charge is 0.325 e. The summed E-state index contributed by atoms with van der Waals surface area (Å²) in [4.78, 5) is 12.3. The molecule has 0 aromatic heterocycles. The van der Waals surface area contributed by atoms with Crippen LogP contribution in [0.2, 0.25) is 0 Å². The largest absolute Gasteiger partial charge is 0.480 e. The van der Waals surface area contributed by atoms with Crippen LogP contribution in [0.4, 0.5) is 4.39 Å². The van der Waals surface area contributed by atoms with Crippen molar-refractivity contribution in [2.45, 2.75) is 6.04 Å². The first-order valence-electron chi connectivity index (χ1n) is 4.17. The van der Waals surface area contributed by atoms with E-state index < -0.39 is 17.8 Å². The average Bonchev–Trinajstić information content (AvgIpc) is 2.07. The molecule has 1 aromatic rings. The molecule has 0 bridgehead atoms. The molecule has 1 N–H and O–H groups in total. The van der Waals surface area contributed by atoms with Gasteiger partial charge in [0.05, 0.1) is 0 Å². The van der Waals surface area contributed by atoms with E-state index in [0.29, 0.717) is 0 Å². The molecule has 0 heterocycles. The van der Waals surface area contributed by atoms with Crippen LogP contribution in [0.15, 0.2) is 24.3 Å². The fourth-order valence-electron chi connectivity index (χ4n) is 1.33. The number of rotatable bonds is 3. The molecule has 0 amide bonds. The summed E-state index contributed by atoms with van der Waals surface area (Å²) < 4.78 is 13.3. The molecule has 0 aliphatic rings. The minimum absolute atomic E-state index is 0.185. The molecule has 0 saturated carbocycles. The highest BCUT2D eigenvalue weighted by molar-refractivity contribution is 5.75. The third kappa shape index (κ3) is 2.09. The van der Waals surface area contributed by atoms with Gasteiger partial charge in [-0.3, -0.25) is 9.69 Å². The minimum atomic E-state index is -1.06. The Kier molecular flexibility index (Phi) is 3.19. The van der Waals surface area contributed by atoms with Crippen LogP contribution in [-0.2, 0) is 4.79 Å². The summed E-state index contributed by atoms with van der Waals surface area (Å²) in [5, 5.41) is 8.91. The van der Waals surface area contributed by atoms with Gasteiger partial charge in [0.25, 0.3) is 0 Å². The summed E-state index contributed by atoms with van der Waals surface area (Å²) in [5.41, 5.74) is 0.185. The van der Waals surface area contributed by atoms with Crippen molar-refractivity contribution < 1.29 is 14.3 Å². The fraction of sp³-hybridized carbons (Fsp3) is 0.300. The van der Waals surface area contributed by atoms with Crippen LogP contribution >= 0.6 is 0 Å². The molecular formula is C10H12FNO2. The summed E-state index contributed by atoms with van der Waals surface area (Å²) in [6.45, 7) is 0. The van der Waals surface area contributed by atoms with E-state index in [9.17, 15) is 9.18 Å². The second-order valence-electron chi connectivity index (χ2n) is 3.23. The lowest BCUT2D eigenvalue weighted by molar-refractivity contribution is -0.142. The molecule has 0 aliphatic heterocycles. The van der Waals surface area contributed by atoms with Crippen LogP contribution in [0.5, 0.6) is 0 Å². The predicted octanol–water partition coefficient (Wildman–Crippen LogP) is 1.51. The average molecular weight is 197 g/mol. The number of halogens is 1. The van der Waals surface area contributed by atoms with Crippen molar-refractivity contribution in [2.75, 3.05) is 14.1 Å². The highest BCUT2D eigenvalue weighted by Gasteiger charge is 2.24. The van der Waals surface area contributed by atoms with Crippen molar-refractivity contribution in [2.24, 2.45) is 0 Å². The number of hydrogen-bond donors (Lipinski definition) is 1. The molecule has 1 rings (SSSR count). The lowest BCUT2D eigenvalue weighted by Crippen LogP contribution is -2.28. The van der Waals surface area contributed by atoms with E-state index in [1.54, 1.807) is 20.2 Å². The van der Waals surface area contributed by atoms with Crippen molar-refractivity contribution in [3.05, 3.63) is 35.6 Å². The quantitative estimate of drug-likeness (QED) is 0.798. The van der Waals surface area contributed by atoms with Crippen LogP contribution in [-0.4, -0.2) is 30.1 Å². The first kappa shape index (κ1) is 10.7. The number of carboxylic acids is 1. The Labute approximate surface area is 81.8 Å². The number of hydrogen-bond acceptors (Lipinski definition) is 2. The van der Waals surface area contributed by atoms with Crippen molar-refractivity contribution in [1.82, 2.24) is 4.90 Å². The van der Waals surface area contributed by atoms with E-state index >= 15 is 0 Å². The van der Waals surface area contributed by atoms with Gasteiger partial charge in [0.2, 0.25) is 0 Å². The Morgan fingerprint density at radius 1 is 1.43 bits per heavy atom. The standard InChI is InChI=1S/C10H12FNO2/c1-12(2)9(10(13)14)7-5-3-4-6-8(7)11/h3-6,9H,1-2H3,(H,13,14). The van der Waals surface area contributed by atoms with Gasteiger partial charge >= 0.3 is 5.97 Å². The third-order valence-corrected chi connectivity index (χ3v) is 1.95. The number of carboxylic acid groups (broad SMARTS) is 1. The molecule has 14 heavy (non-hydrogen) atoms. The van der Waals surface area contributed by atoms with Crippen LogP contribution in [0.25, 0.3) is 0 Å². The highest BCUT2D eigenvalue weighted by atomic mass is 19.1. The molecule has 0 radical (unpaired) electrons. The van der Waals surface area contributed by atoms with Gasteiger partial charge in [-0.2, -0.15) is 0 Å². The molecule has 76 valence electrons. The van der Waals surface area contributed by atoms with Gasteiger partial charge < -0.3 is 5.11 Å². The van der Waals surface area contributed by atoms with E-state index in [0.717, 1.165) is 0 Å². The second-order valence-corrected chi connectivity index (χ2v) is 3.23. The van der Waals surface area contributed by atoms with Gasteiger partial charge in [-0.05, 0) is 20.2 Å². The maximum atomic E-state index is 13.3. The fourth-order valence-corrected chi connectivity index (χ4v) is 1.33. The molecular weight excluding hydrogens is 185 g/mol. The van der Waals surface area contributed by atoms with Gasteiger partial charge in [-0.25, -0.2) is 4.39 Å². The topological polar surface area (TPSA) is 40.5 Å². The van der Waals surface area contributed by atoms with E-state index in [4.69, 9.17) is 5.11 Å². The van der Waals surface area contributed by atoms with Crippen molar-refractivity contribution in [1.29, 1.82) is 0 Å². The zero-order valence-corrected chi connectivity index (χ0v) is 8.07. The first-order chi connectivity index (χ1) is 6.54. The lowest BCUT2D eigenvalue weighted by Gasteiger charge is -2.20. The summed E-state index contributed by atoms with van der Waals surface area (Å²) in [6.07, 6.45) is 0. The SMILES string of the molecule is CN(C)C(C(=O)O)c1ccccc1F. The maximum Gasteiger partial charge on any atom is 0.325 e. The molecule has 0 aliphatic carbocycles. The number of carbonyl (C=O) groups is 1. The summed E-state index contributed by atoms with van der Waals surface area (Å²) in [6, 6.07) is 4.96. The van der Waals surface area contributed by atoms with Crippen LogP contribution in [0, 0.1) is 5.82 Å². The van der Waals surface area contributed by atoms with E-state index in [-0.39, 0.29) is 5.56 Å². The van der Waals surface area contributed by atoms with Gasteiger partial charge in [-0.15, -0.1) is 0 Å². The Hall–Kier alpha value is -1.42. The molecule has 0 fully saturated rings. The summed E-state index contributed by atoms with van der Waals surface area (Å²) in [7, 11) is 3.20. The van der Waals surface area contributed by atoms with Crippen molar-refractivity contribution >= 4 is 5.97 Å². The third-order valence-electron chi connectivity index (χ3n) is 1.95. The minimum Gasteiger partial charge on any atom is -0.480 e. The summed E-state index contributed by atoms with van der Waals surface area (Å²) in [5.74, 6) is -1.55. The Morgan fingerprint density at radius 2 is 2.00 bits per heavy atom. The van der Waals surface area contributed by atoms with Crippen LogP contribution < -0.4 is 0 Å². The Balaban J connectivity index is 3.12. The Morgan fingerprint density at radius 3 is 2.43 bits per heavy atom. The van der Waals surface area contributed by atoms with Gasteiger partial charge in [0.15, 0.2) is 0 Å². The van der Waals surface area contributed by atoms with Crippen LogP contribution in [0.1, 0.15) is 11.6 Å². The zero-order chi connectivity index (χ0) is 10.7. The number of benzene rings is 1. The van der Waals surface area contributed by atoms with Crippen molar-refractivity contribution in [3.8, 4) is 0 Å². The zero-order valence-electron chi connectivity index (χ0n) is 8.07. The van der Waals surface area contributed by atoms with Crippen molar-refractivity contribution in [3.63, 3.8) is 0 Å². The molecule has 1 atom stereocenters. The Bertz CT molecular complexity index is 339. The normalized spacial score (nSPS) is 12.9. The van der Waals surface area contributed by atoms with E-state index in [1.165, 1.54) is 23.1 Å². The van der Waals surface area contributed by atoms with Gasteiger partial charge in [-0.1, -0.05) is 18.2 Å². The molecule has 1 unspecified atom stereocenters.